The van der Waals surface area contributed by atoms with E-state index in [1.165, 1.54) is 33.5 Å². The van der Waals surface area contributed by atoms with Gasteiger partial charge < -0.3 is 25.2 Å². The molecule has 0 bridgehead atoms. The van der Waals surface area contributed by atoms with E-state index in [2.05, 4.69) is 29.5 Å². The van der Waals surface area contributed by atoms with Gasteiger partial charge in [0.2, 0.25) is 5.75 Å². The van der Waals surface area contributed by atoms with Gasteiger partial charge in [-0.25, -0.2) is 0 Å². The molecule has 0 aliphatic heterocycles. The third-order valence-electron chi connectivity index (χ3n) is 4.32. The minimum absolute atomic E-state index is 0.0120. The van der Waals surface area contributed by atoms with Crippen LogP contribution < -0.4 is 20.1 Å². The molecule has 6 heteroatoms. The first-order valence-corrected chi connectivity index (χ1v) is 8.97. The van der Waals surface area contributed by atoms with Crippen LogP contribution in [-0.4, -0.2) is 38.9 Å². The van der Waals surface area contributed by atoms with Crippen LogP contribution in [0.2, 0.25) is 0 Å². The van der Waals surface area contributed by atoms with Gasteiger partial charge in [0, 0.05) is 20.1 Å². The van der Waals surface area contributed by atoms with Gasteiger partial charge in [-0.1, -0.05) is 33.1 Å². The minimum Gasteiger partial charge on any atom is -0.502 e. The molecule has 6 nitrogen and oxygen atoms in total. The molecule has 0 saturated carbocycles. The Balaban J connectivity index is 2.62. The van der Waals surface area contributed by atoms with Crippen molar-refractivity contribution in [1.29, 1.82) is 0 Å². The maximum absolute atomic E-state index is 9.97. The highest BCUT2D eigenvalue weighted by Gasteiger charge is 2.12. The number of hydrogen-bond donors (Lipinski definition) is 3. The van der Waals surface area contributed by atoms with Crippen LogP contribution >= 0.6 is 0 Å². The molecular weight excluding hydrogens is 318 g/mol. The lowest BCUT2D eigenvalue weighted by molar-refractivity contribution is 0.339. The van der Waals surface area contributed by atoms with Gasteiger partial charge in [-0.05, 0) is 30.0 Å². The number of ether oxygens (including phenoxy) is 2. The van der Waals surface area contributed by atoms with Crippen LogP contribution in [0.15, 0.2) is 17.1 Å². The average Bonchev–Trinajstić information content (AvgIpc) is 2.64. The lowest BCUT2D eigenvalue weighted by Gasteiger charge is -2.18. The highest BCUT2D eigenvalue weighted by molar-refractivity contribution is 5.79. The third-order valence-corrected chi connectivity index (χ3v) is 4.32. The van der Waals surface area contributed by atoms with Gasteiger partial charge in [0.1, 0.15) is 0 Å². The molecule has 3 N–H and O–H groups in total. The molecule has 0 fully saturated rings. The Morgan fingerprint density at radius 3 is 2.28 bits per heavy atom. The van der Waals surface area contributed by atoms with Crippen molar-refractivity contribution in [2.45, 2.75) is 46.1 Å². The quantitative estimate of drug-likeness (QED) is 0.445. The van der Waals surface area contributed by atoms with Gasteiger partial charge >= 0.3 is 0 Å². The molecule has 0 aliphatic rings. The molecule has 0 heterocycles. The van der Waals surface area contributed by atoms with Crippen molar-refractivity contribution in [3.8, 4) is 17.2 Å². The topological polar surface area (TPSA) is 75.1 Å². The van der Waals surface area contributed by atoms with E-state index in [4.69, 9.17) is 9.47 Å². The molecule has 0 radical (unpaired) electrons. The average molecular weight is 351 g/mol. The number of aliphatic imine (C=N–C) groups is 1. The zero-order valence-corrected chi connectivity index (χ0v) is 16.2. The lowest BCUT2D eigenvalue weighted by atomic mass is 9.99. The summed E-state index contributed by atoms with van der Waals surface area (Å²) in [7, 11) is 4.81. The van der Waals surface area contributed by atoms with Crippen LogP contribution in [0.4, 0.5) is 0 Å². The van der Waals surface area contributed by atoms with E-state index >= 15 is 0 Å². The summed E-state index contributed by atoms with van der Waals surface area (Å²) in [4.78, 5) is 4.27. The maximum atomic E-state index is 9.97. The second-order valence-electron chi connectivity index (χ2n) is 6.07. The van der Waals surface area contributed by atoms with Crippen molar-refractivity contribution in [3.63, 3.8) is 0 Å². The van der Waals surface area contributed by atoms with E-state index in [9.17, 15) is 5.11 Å². The molecule has 1 aromatic rings. The zero-order chi connectivity index (χ0) is 18.7. The van der Waals surface area contributed by atoms with E-state index in [-0.39, 0.29) is 5.75 Å². The first-order valence-electron chi connectivity index (χ1n) is 8.97. The number of benzene rings is 1. The predicted octanol–water partition coefficient (Wildman–Crippen LogP) is 3.29. The summed E-state index contributed by atoms with van der Waals surface area (Å²) >= 11 is 0. The number of nitrogens with one attached hydrogen (secondary N) is 2. The molecule has 1 atom stereocenters. The van der Waals surface area contributed by atoms with E-state index in [1.54, 1.807) is 19.2 Å². The van der Waals surface area contributed by atoms with E-state index in [0.29, 0.717) is 24.0 Å². The number of phenols is 1. The fourth-order valence-corrected chi connectivity index (χ4v) is 2.64. The second-order valence-corrected chi connectivity index (χ2v) is 6.07. The summed E-state index contributed by atoms with van der Waals surface area (Å²) < 4.78 is 10.4. The van der Waals surface area contributed by atoms with Gasteiger partial charge in [0.25, 0.3) is 0 Å². The van der Waals surface area contributed by atoms with Gasteiger partial charge in [-0.15, -0.1) is 0 Å². The summed E-state index contributed by atoms with van der Waals surface area (Å²) in [6.45, 7) is 5.92. The highest BCUT2D eigenvalue weighted by atomic mass is 16.5. The van der Waals surface area contributed by atoms with Crippen LogP contribution in [0.1, 0.15) is 45.1 Å². The summed E-state index contributed by atoms with van der Waals surface area (Å²) in [6.07, 6.45) is 4.90. The normalized spacial score (nSPS) is 12.6. The van der Waals surface area contributed by atoms with Crippen LogP contribution in [0.3, 0.4) is 0 Å². The summed E-state index contributed by atoms with van der Waals surface area (Å²) in [5.74, 6) is 2.22. The number of unbranched alkanes of at least 4 members (excludes halogenated alkanes) is 1. The van der Waals surface area contributed by atoms with Crippen molar-refractivity contribution in [2.75, 3.05) is 27.8 Å². The van der Waals surface area contributed by atoms with Gasteiger partial charge in [-0.2, -0.15) is 0 Å². The predicted molar refractivity (Wildman–Crippen MR) is 103 cm³/mol. The van der Waals surface area contributed by atoms with E-state index in [1.807, 2.05) is 0 Å². The Bertz CT molecular complexity index is 522. The molecular formula is C19H33N3O3. The first-order chi connectivity index (χ1) is 12.1. The molecule has 25 heavy (non-hydrogen) atoms. The Morgan fingerprint density at radius 1 is 1.16 bits per heavy atom. The molecule has 0 saturated heterocycles. The highest BCUT2D eigenvalue weighted by Crippen LogP contribution is 2.36. The number of guanidine groups is 1. The Morgan fingerprint density at radius 2 is 1.80 bits per heavy atom. The number of phenolic OH excluding ortho intramolecular Hbond substituents is 1. The van der Waals surface area contributed by atoms with E-state index < -0.39 is 0 Å². The molecule has 0 aliphatic carbocycles. The molecule has 0 aromatic heterocycles. The molecule has 0 amide bonds. The summed E-state index contributed by atoms with van der Waals surface area (Å²) in [5, 5.41) is 16.7. The van der Waals surface area contributed by atoms with Crippen molar-refractivity contribution < 1.29 is 14.6 Å². The van der Waals surface area contributed by atoms with Crippen LogP contribution in [0, 0.1) is 5.92 Å². The second kappa shape index (κ2) is 11.4. The van der Waals surface area contributed by atoms with Gasteiger partial charge in [0.05, 0.1) is 14.2 Å². The van der Waals surface area contributed by atoms with Crippen molar-refractivity contribution in [1.82, 2.24) is 10.6 Å². The fourth-order valence-electron chi connectivity index (χ4n) is 2.64. The zero-order valence-electron chi connectivity index (χ0n) is 16.2. The Labute approximate surface area is 151 Å². The Kier molecular flexibility index (Phi) is 9.58. The molecule has 1 aromatic carbocycles. The lowest BCUT2D eigenvalue weighted by Crippen LogP contribution is -2.39. The summed E-state index contributed by atoms with van der Waals surface area (Å²) in [6, 6.07) is 3.57. The SMILES string of the molecule is CCCCC(CC)CNC(=NC)NCc1cc(OC)c(O)c(OC)c1. The number of nitrogens with zero attached hydrogens (tertiary/aromatic N) is 1. The standard InChI is InChI=1S/C19H33N3O3/c1-6-8-9-14(7-2)12-21-19(20-3)22-13-15-10-16(24-4)18(23)17(11-15)25-5/h10-11,14,23H,6-9,12-13H2,1-5H3,(H2,20,21,22). The first kappa shape index (κ1) is 20.9. The van der Waals surface area contributed by atoms with Crippen LogP contribution in [0.25, 0.3) is 0 Å². The maximum Gasteiger partial charge on any atom is 0.200 e. The monoisotopic (exact) mass is 351 g/mol. The van der Waals surface area contributed by atoms with Gasteiger partial charge in [0.15, 0.2) is 17.5 Å². The van der Waals surface area contributed by atoms with E-state index in [0.717, 1.165) is 24.5 Å². The molecule has 1 rings (SSSR count). The van der Waals surface area contributed by atoms with Gasteiger partial charge in [-0.3, -0.25) is 4.99 Å². The number of hydrogen-bond acceptors (Lipinski definition) is 4. The number of rotatable bonds is 10. The smallest absolute Gasteiger partial charge is 0.200 e. The Hall–Kier alpha value is -2.11. The number of methoxy groups -OCH3 is 2. The molecule has 1 unspecified atom stereocenters. The van der Waals surface area contributed by atoms with Crippen molar-refractivity contribution in [3.05, 3.63) is 17.7 Å². The van der Waals surface area contributed by atoms with Crippen LogP contribution in [-0.2, 0) is 6.54 Å². The van der Waals surface area contributed by atoms with Crippen LogP contribution in [0.5, 0.6) is 17.2 Å². The largest absolute Gasteiger partial charge is 0.502 e. The van der Waals surface area contributed by atoms with Crippen molar-refractivity contribution >= 4 is 5.96 Å². The van der Waals surface area contributed by atoms with Crippen molar-refractivity contribution in [2.24, 2.45) is 10.9 Å². The third kappa shape index (κ3) is 6.72. The summed E-state index contributed by atoms with van der Waals surface area (Å²) in [5.41, 5.74) is 0.937. The number of aromatic hydroxyl groups is 1. The fraction of sp³-hybridized carbons (Fsp3) is 0.632. The molecule has 142 valence electrons. The molecule has 0 spiro atoms. The minimum atomic E-state index is 0.0120.